The number of likely N-dealkylation sites (tertiary alicyclic amines) is 1. The molecule has 7 heteroatoms. The van der Waals surface area contributed by atoms with Crippen molar-refractivity contribution in [1.29, 1.82) is 0 Å². The molecule has 0 amide bonds. The number of aromatic nitrogens is 2. The second-order valence-corrected chi connectivity index (χ2v) is 7.55. The third kappa shape index (κ3) is 2.75. The smallest absolute Gasteiger partial charge is 0.260 e. The molecule has 20 heavy (non-hydrogen) atoms. The average Bonchev–Trinajstić information content (AvgIpc) is 3.03. The predicted octanol–water partition coefficient (Wildman–Crippen LogP) is 1.05. The molecule has 0 radical (unpaired) electrons. The Kier molecular flexibility index (Phi) is 4.09. The fraction of sp³-hybridized carbons (Fsp3) is 0.769. The molecule has 0 unspecified atom stereocenters. The summed E-state index contributed by atoms with van der Waals surface area (Å²) in [5.74, 6) is 0. The standard InChI is InChI=1S/C13H22N4O2S/c18-20(19,13-10-14-11-15-13)17-8-4-12(5-9-17)16-6-2-1-3-7-16/h10-12H,1-9H2,(H,14,15). The van der Waals surface area contributed by atoms with Gasteiger partial charge in [-0.2, -0.15) is 4.31 Å². The summed E-state index contributed by atoms with van der Waals surface area (Å²) in [6, 6.07) is 0.559. The molecule has 2 fully saturated rings. The molecule has 0 aromatic carbocycles. The SMILES string of the molecule is O=S(=O)(c1cnc[nH]1)N1CCC(N2CCCCC2)CC1. The highest BCUT2D eigenvalue weighted by Crippen LogP contribution is 2.24. The highest BCUT2D eigenvalue weighted by atomic mass is 32.2. The van der Waals surface area contributed by atoms with E-state index in [4.69, 9.17) is 0 Å². The predicted molar refractivity (Wildman–Crippen MR) is 75.8 cm³/mol. The van der Waals surface area contributed by atoms with E-state index in [1.54, 1.807) is 4.31 Å². The molecular weight excluding hydrogens is 276 g/mol. The van der Waals surface area contributed by atoms with Crippen LogP contribution in [0.4, 0.5) is 0 Å². The van der Waals surface area contributed by atoms with Crippen LogP contribution in [0, 0.1) is 0 Å². The number of piperidine rings is 2. The molecule has 1 N–H and O–H groups in total. The zero-order chi connectivity index (χ0) is 14.0. The molecular formula is C13H22N4O2S. The van der Waals surface area contributed by atoms with Gasteiger partial charge in [0.2, 0.25) is 0 Å². The van der Waals surface area contributed by atoms with Gasteiger partial charge in [0.25, 0.3) is 10.0 Å². The maximum absolute atomic E-state index is 12.4. The van der Waals surface area contributed by atoms with E-state index in [0.717, 1.165) is 12.8 Å². The molecule has 3 heterocycles. The summed E-state index contributed by atoms with van der Waals surface area (Å²) < 4.78 is 26.3. The molecule has 1 aromatic rings. The van der Waals surface area contributed by atoms with Crippen molar-refractivity contribution in [2.45, 2.75) is 43.2 Å². The zero-order valence-corrected chi connectivity index (χ0v) is 12.5. The van der Waals surface area contributed by atoms with Crippen molar-refractivity contribution in [3.63, 3.8) is 0 Å². The van der Waals surface area contributed by atoms with Gasteiger partial charge in [0.1, 0.15) is 0 Å². The van der Waals surface area contributed by atoms with Crippen molar-refractivity contribution in [1.82, 2.24) is 19.2 Å². The number of nitrogens with zero attached hydrogens (tertiary/aromatic N) is 3. The first-order valence-electron chi connectivity index (χ1n) is 7.40. The Bertz CT molecular complexity index is 515. The van der Waals surface area contributed by atoms with Crippen LogP contribution in [0.1, 0.15) is 32.1 Å². The van der Waals surface area contributed by atoms with Crippen LogP contribution in [-0.2, 0) is 10.0 Å². The number of hydrogen-bond donors (Lipinski definition) is 1. The number of hydrogen-bond acceptors (Lipinski definition) is 4. The molecule has 2 aliphatic rings. The van der Waals surface area contributed by atoms with Crippen LogP contribution in [0.5, 0.6) is 0 Å². The van der Waals surface area contributed by atoms with E-state index >= 15 is 0 Å². The number of rotatable bonds is 3. The lowest BCUT2D eigenvalue weighted by atomic mass is 10.0. The normalized spacial score (nSPS) is 24.0. The Hall–Kier alpha value is -0.920. The molecule has 112 valence electrons. The van der Waals surface area contributed by atoms with Crippen molar-refractivity contribution < 1.29 is 8.42 Å². The van der Waals surface area contributed by atoms with Gasteiger partial charge in [-0.05, 0) is 38.8 Å². The Labute approximate surface area is 120 Å². The van der Waals surface area contributed by atoms with Gasteiger partial charge >= 0.3 is 0 Å². The lowest BCUT2D eigenvalue weighted by Crippen LogP contribution is -2.48. The van der Waals surface area contributed by atoms with Crippen LogP contribution in [0.2, 0.25) is 0 Å². The van der Waals surface area contributed by atoms with Gasteiger partial charge in [0, 0.05) is 19.1 Å². The largest absolute Gasteiger partial charge is 0.335 e. The van der Waals surface area contributed by atoms with Gasteiger partial charge in [0.05, 0.1) is 12.5 Å². The minimum atomic E-state index is -3.38. The van der Waals surface area contributed by atoms with Gasteiger partial charge < -0.3 is 9.88 Å². The summed E-state index contributed by atoms with van der Waals surface area (Å²) in [7, 11) is -3.38. The van der Waals surface area contributed by atoms with Gasteiger partial charge in [-0.3, -0.25) is 0 Å². The van der Waals surface area contributed by atoms with Crippen LogP contribution >= 0.6 is 0 Å². The molecule has 0 saturated carbocycles. The fourth-order valence-corrected chi connectivity index (χ4v) is 4.62. The first-order valence-corrected chi connectivity index (χ1v) is 8.84. The number of imidazole rings is 1. The van der Waals surface area contributed by atoms with Crippen LogP contribution in [0.3, 0.4) is 0 Å². The van der Waals surface area contributed by atoms with Gasteiger partial charge in [-0.15, -0.1) is 0 Å². The maximum Gasteiger partial charge on any atom is 0.260 e. The molecule has 0 atom stereocenters. The molecule has 3 rings (SSSR count). The summed E-state index contributed by atoms with van der Waals surface area (Å²) in [6.07, 6.45) is 8.57. The van der Waals surface area contributed by atoms with E-state index in [1.165, 1.54) is 44.9 Å². The van der Waals surface area contributed by atoms with Gasteiger partial charge in [0.15, 0.2) is 5.03 Å². The van der Waals surface area contributed by atoms with Crippen LogP contribution in [0.15, 0.2) is 17.6 Å². The van der Waals surface area contributed by atoms with E-state index < -0.39 is 10.0 Å². The number of sulfonamides is 1. The lowest BCUT2D eigenvalue weighted by molar-refractivity contribution is 0.117. The van der Waals surface area contributed by atoms with Crippen molar-refractivity contribution >= 4 is 10.0 Å². The first kappa shape index (κ1) is 14.0. The summed E-state index contributed by atoms with van der Waals surface area (Å²) in [5.41, 5.74) is 0. The molecule has 2 aliphatic heterocycles. The topological polar surface area (TPSA) is 69.3 Å². The van der Waals surface area contributed by atoms with Gasteiger partial charge in [-0.25, -0.2) is 13.4 Å². The average molecular weight is 298 g/mol. The number of aromatic amines is 1. The summed E-state index contributed by atoms with van der Waals surface area (Å²) >= 11 is 0. The Morgan fingerprint density at radius 2 is 1.80 bits per heavy atom. The summed E-state index contributed by atoms with van der Waals surface area (Å²) in [6.45, 7) is 3.58. The highest BCUT2D eigenvalue weighted by molar-refractivity contribution is 7.89. The van der Waals surface area contributed by atoms with Crippen molar-refractivity contribution in [2.24, 2.45) is 0 Å². The van der Waals surface area contributed by atoms with Crippen LogP contribution in [-0.4, -0.2) is 59.8 Å². The van der Waals surface area contributed by atoms with Crippen LogP contribution < -0.4 is 0 Å². The fourth-order valence-electron chi connectivity index (χ4n) is 3.25. The second kappa shape index (κ2) is 5.83. The maximum atomic E-state index is 12.4. The quantitative estimate of drug-likeness (QED) is 0.905. The minimum absolute atomic E-state index is 0.203. The third-order valence-corrected chi connectivity index (χ3v) is 6.25. The highest BCUT2D eigenvalue weighted by Gasteiger charge is 2.32. The molecule has 6 nitrogen and oxygen atoms in total. The molecule has 0 bridgehead atoms. The second-order valence-electron chi connectivity index (χ2n) is 5.65. The van der Waals surface area contributed by atoms with E-state index in [2.05, 4.69) is 14.9 Å². The Morgan fingerprint density at radius 3 is 2.40 bits per heavy atom. The third-order valence-electron chi connectivity index (χ3n) is 4.42. The summed E-state index contributed by atoms with van der Waals surface area (Å²) in [5, 5.41) is 0.203. The monoisotopic (exact) mass is 298 g/mol. The van der Waals surface area contributed by atoms with E-state index in [-0.39, 0.29) is 5.03 Å². The number of H-pyrrole nitrogens is 1. The van der Waals surface area contributed by atoms with Gasteiger partial charge in [-0.1, -0.05) is 6.42 Å². The summed E-state index contributed by atoms with van der Waals surface area (Å²) in [4.78, 5) is 9.05. The van der Waals surface area contributed by atoms with Crippen molar-refractivity contribution in [2.75, 3.05) is 26.2 Å². The molecule has 0 spiro atoms. The van der Waals surface area contributed by atoms with E-state index in [0.29, 0.717) is 19.1 Å². The zero-order valence-electron chi connectivity index (χ0n) is 11.7. The first-order chi connectivity index (χ1) is 9.68. The minimum Gasteiger partial charge on any atom is -0.335 e. The lowest BCUT2D eigenvalue weighted by Gasteiger charge is -2.39. The Balaban J connectivity index is 1.61. The molecule has 1 aromatic heterocycles. The van der Waals surface area contributed by atoms with Crippen molar-refractivity contribution in [3.8, 4) is 0 Å². The van der Waals surface area contributed by atoms with E-state index in [1.807, 2.05) is 0 Å². The van der Waals surface area contributed by atoms with Crippen molar-refractivity contribution in [3.05, 3.63) is 12.5 Å². The Morgan fingerprint density at radius 1 is 1.10 bits per heavy atom. The molecule has 0 aliphatic carbocycles. The number of nitrogens with one attached hydrogen (secondary N) is 1. The van der Waals surface area contributed by atoms with E-state index in [9.17, 15) is 8.42 Å². The molecule has 2 saturated heterocycles. The van der Waals surface area contributed by atoms with Crippen LogP contribution in [0.25, 0.3) is 0 Å².